The van der Waals surface area contributed by atoms with E-state index in [4.69, 9.17) is 4.74 Å². The van der Waals surface area contributed by atoms with Gasteiger partial charge in [-0.2, -0.15) is 0 Å². The molecule has 2 nitrogen and oxygen atoms in total. The average molecular weight is 261 g/mol. The maximum absolute atomic E-state index is 6.20. The first-order valence-electron chi connectivity index (χ1n) is 7.51. The third kappa shape index (κ3) is 3.58. The molecule has 0 N–H and O–H groups in total. The van der Waals surface area contributed by atoms with E-state index in [0.717, 1.165) is 13.0 Å². The van der Waals surface area contributed by atoms with Crippen LogP contribution in [0.2, 0.25) is 0 Å². The van der Waals surface area contributed by atoms with Crippen molar-refractivity contribution in [3.8, 4) is 0 Å². The van der Waals surface area contributed by atoms with Gasteiger partial charge in [0.25, 0.3) is 0 Å². The average Bonchev–Trinajstić information content (AvgIpc) is 2.81. The number of hydrogen-bond donors (Lipinski definition) is 0. The van der Waals surface area contributed by atoms with E-state index < -0.39 is 0 Å². The number of rotatable bonds is 5. The Morgan fingerprint density at radius 3 is 2.42 bits per heavy atom. The minimum Gasteiger partial charge on any atom is -0.372 e. The monoisotopic (exact) mass is 261 g/mol. The van der Waals surface area contributed by atoms with E-state index in [1.807, 2.05) is 0 Å². The molecule has 1 aromatic rings. The molecule has 0 bridgehead atoms. The molecule has 0 aromatic heterocycles. The largest absolute Gasteiger partial charge is 0.372 e. The number of likely N-dealkylation sites (tertiary alicyclic amines) is 1. The summed E-state index contributed by atoms with van der Waals surface area (Å²) in [7, 11) is 0. The number of ether oxygens (including phenoxy) is 1. The fourth-order valence-electron chi connectivity index (χ4n) is 3.18. The molecular formula is C17H27NO. The van der Waals surface area contributed by atoms with E-state index in [0.29, 0.717) is 24.1 Å². The number of nitrogens with zero attached hydrogens (tertiary/aromatic N) is 1. The Morgan fingerprint density at radius 2 is 1.84 bits per heavy atom. The van der Waals surface area contributed by atoms with Crippen LogP contribution in [0.4, 0.5) is 0 Å². The van der Waals surface area contributed by atoms with Gasteiger partial charge < -0.3 is 4.74 Å². The highest BCUT2D eigenvalue weighted by Crippen LogP contribution is 2.29. The molecule has 1 aliphatic heterocycles. The fourth-order valence-corrected chi connectivity index (χ4v) is 3.18. The maximum Gasteiger partial charge on any atom is 0.0749 e. The highest BCUT2D eigenvalue weighted by Gasteiger charge is 2.37. The molecule has 1 heterocycles. The molecule has 106 valence electrons. The molecule has 2 heteroatoms. The molecule has 0 aliphatic carbocycles. The van der Waals surface area contributed by atoms with Crippen LogP contribution in [0.1, 0.15) is 39.7 Å². The summed E-state index contributed by atoms with van der Waals surface area (Å²) >= 11 is 0. The van der Waals surface area contributed by atoms with Gasteiger partial charge in [-0.15, -0.1) is 0 Å². The van der Waals surface area contributed by atoms with E-state index >= 15 is 0 Å². The second kappa shape index (κ2) is 6.53. The van der Waals surface area contributed by atoms with Crippen molar-refractivity contribution in [2.45, 2.75) is 58.9 Å². The van der Waals surface area contributed by atoms with Gasteiger partial charge in [0, 0.05) is 18.6 Å². The molecule has 2 atom stereocenters. The molecule has 1 fully saturated rings. The van der Waals surface area contributed by atoms with E-state index in [1.54, 1.807) is 0 Å². The lowest BCUT2D eigenvalue weighted by molar-refractivity contribution is -0.00392. The number of benzene rings is 1. The topological polar surface area (TPSA) is 12.5 Å². The van der Waals surface area contributed by atoms with Crippen LogP contribution in [0.5, 0.6) is 0 Å². The van der Waals surface area contributed by atoms with Gasteiger partial charge in [-0.05, 0) is 31.7 Å². The van der Waals surface area contributed by atoms with Crippen LogP contribution >= 0.6 is 0 Å². The number of hydrogen-bond acceptors (Lipinski definition) is 2. The van der Waals surface area contributed by atoms with Gasteiger partial charge in [0.2, 0.25) is 0 Å². The van der Waals surface area contributed by atoms with E-state index in [9.17, 15) is 0 Å². The van der Waals surface area contributed by atoms with Crippen molar-refractivity contribution < 1.29 is 4.74 Å². The minimum absolute atomic E-state index is 0.377. The van der Waals surface area contributed by atoms with Crippen molar-refractivity contribution in [1.29, 1.82) is 0 Å². The van der Waals surface area contributed by atoms with Crippen LogP contribution < -0.4 is 0 Å². The van der Waals surface area contributed by atoms with Crippen molar-refractivity contribution in [2.75, 3.05) is 6.54 Å². The molecular weight excluding hydrogens is 234 g/mol. The molecule has 1 aliphatic rings. The lowest BCUT2D eigenvalue weighted by Crippen LogP contribution is -2.43. The molecule has 2 rings (SSSR count). The predicted molar refractivity (Wildman–Crippen MR) is 80.1 cm³/mol. The Kier molecular flexibility index (Phi) is 5.00. The molecule has 2 unspecified atom stereocenters. The normalized spacial score (nSPS) is 24.5. The molecule has 0 radical (unpaired) electrons. The lowest BCUT2D eigenvalue weighted by Gasteiger charge is -2.34. The quantitative estimate of drug-likeness (QED) is 0.801. The lowest BCUT2D eigenvalue weighted by atomic mass is 9.98. The van der Waals surface area contributed by atoms with E-state index in [2.05, 4.69) is 62.9 Å². The van der Waals surface area contributed by atoms with Crippen molar-refractivity contribution in [1.82, 2.24) is 4.90 Å². The summed E-state index contributed by atoms with van der Waals surface area (Å²) in [6.07, 6.45) is 1.54. The summed E-state index contributed by atoms with van der Waals surface area (Å²) in [6, 6.07) is 11.7. The standard InChI is InChI=1S/C17H27NO/c1-13(2)17-16(10-11-18(17)14(3)4)19-12-15-8-6-5-7-9-15/h5-9,13-14,16-17H,10-12H2,1-4H3. The maximum atomic E-state index is 6.20. The summed E-state index contributed by atoms with van der Waals surface area (Å²) in [5.74, 6) is 0.644. The third-order valence-corrected chi connectivity index (χ3v) is 4.09. The Hall–Kier alpha value is -0.860. The zero-order valence-corrected chi connectivity index (χ0v) is 12.7. The van der Waals surface area contributed by atoms with Gasteiger partial charge >= 0.3 is 0 Å². The molecule has 0 spiro atoms. The highest BCUT2D eigenvalue weighted by molar-refractivity contribution is 5.13. The Balaban J connectivity index is 1.96. The molecule has 1 aromatic carbocycles. The zero-order valence-electron chi connectivity index (χ0n) is 12.7. The Bertz CT molecular complexity index is 374. The first kappa shape index (κ1) is 14.5. The summed E-state index contributed by atoms with van der Waals surface area (Å²) in [5, 5.41) is 0. The Labute approximate surface area is 117 Å². The van der Waals surface area contributed by atoms with Gasteiger partial charge in [0.1, 0.15) is 0 Å². The fraction of sp³-hybridized carbons (Fsp3) is 0.647. The van der Waals surface area contributed by atoms with Crippen LogP contribution in [0.15, 0.2) is 30.3 Å². The van der Waals surface area contributed by atoms with Crippen LogP contribution in [-0.2, 0) is 11.3 Å². The van der Waals surface area contributed by atoms with Crippen LogP contribution in [0.25, 0.3) is 0 Å². The molecule has 0 amide bonds. The summed E-state index contributed by atoms with van der Waals surface area (Å²) < 4.78 is 6.20. The minimum atomic E-state index is 0.377. The van der Waals surface area contributed by atoms with E-state index in [1.165, 1.54) is 12.1 Å². The van der Waals surface area contributed by atoms with Gasteiger partial charge in [0.05, 0.1) is 12.7 Å². The predicted octanol–water partition coefficient (Wildman–Crippen LogP) is 3.71. The van der Waals surface area contributed by atoms with Crippen LogP contribution in [0, 0.1) is 5.92 Å². The van der Waals surface area contributed by atoms with Gasteiger partial charge in [-0.1, -0.05) is 44.2 Å². The van der Waals surface area contributed by atoms with Crippen LogP contribution in [-0.4, -0.2) is 29.6 Å². The molecule has 1 saturated heterocycles. The highest BCUT2D eigenvalue weighted by atomic mass is 16.5. The van der Waals surface area contributed by atoms with Crippen molar-refractivity contribution in [2.24, 2.45) is 5.92 Å². The molecule has 0 saturated carbocycles. The second-order valence-corrected chi connectivity index (χ2v) is 6.19. The van der Waals surface area contributed by atoms with E-state index in [-0.39, 0.29) is 0 Å². The summed E-state index contributed by atoms with van der Waals surface area (Å²) in [4.78, 5) is 2.60. The smallest absolute Gasteiger partial charge is 0.0749 e. The van der Waals surface area contributed by atoms with Gasteiger partial charge in [-0.25, -0.2) is 0 Å². The second-order valence-electron chi connectivity index (χ2n) is 6.19. The van der Waals surface area contributed by atoms with Gasteiger partial charge in [0.15, 0.2) is 0 Å². The summed E-state index contributed by atoms with van der Waals surface area (Å²) in [5.41, 5.74) is 1.27. The van der Waals surface area contributed by atoms with Crippen molar-refractivity contribution >= 4 is 0 Å². The SMILES string of the molecule is CC(C)C1C(OCc2ccccc2)CCN1C(C)C. The van der Waals surface area contributed by atoms with Crippen molar-refractivity contribution in [3.63, 3.8) is 0 Å². The van der Waals surface area contributed by atoms with Crippen LogP contribution in [0.3, 0.4) is 0 Å². The van der Waals surface area contributed by atoms with Gasteiger partial charge in [-0.3, -0.25) is 4.90 Å². The first-order chi connectivity index (χ1) is 9.09. The zero-order chi connectivity index (χ0) is 13.8. The summed E-state index contributed by atoms with van der Waals surface area (Å²) in [6.45, 7) is 11.1. The third-order valence-electron chi connectivity index (χ3n) is 4.09. The Morgan fingerprint density at radius 1 is 1.16 bits per heavy atom. The first-order valence-corrected chi connectivity index (χ1v) is 7.51. The molecule has 19 heavy (non-hydrogen) atoms. The van der Waals surface area contributed by atoms with Crippen molar-refractivity contribution in [3.05, 3.63) is 35.9 Å².